The fourth-order valence-corrected chi connectivity index (χ4v) is 18.7. The van der Waals surface area contributed by atoms with E-state index in [1.54, 1.807) is 47.1 Å². The molecule has 6 aliphatic rings. The summed E-state index contributed by atoms with van der Waals surface area (Å²) in [6, 6.07) is 10.6. The Morgan fingerprint density at radius 3 is 2.14 bits per heavy atom. The number of aromatic nitrogens is 5. The molecule has 10 N–H and O–H groups in total. The van der Waals surface area contributed by atoms with Crippen LogP contribution in [0.5, 0.6) is 0 Å². The maximum absolute atomic E-state index is 14.8. The molecule has 16 atom stereocenters. The number of ketones is 1. The van der Waals surface area contributed by atoms with Gasteiger partial charge in [-0.2, -0.15) is 10.1 Å². The summed E-state index contributed by atoms with van der Waals surface area (Å²) < 4.78 is 71.6. The molecule has 8 heterocycles. The van der Waals surface area contributed by atoms with Crippen molar-refractivity contribution < 1.29 is 111 Å². The smallest absolute Gasteiger partial charge is 0.329 e. The number of Topliss-reactive ketones (excluding diaryl/α,β-unsaturated/α-hetero) is 1. The summed E-state index contributed by atoms with van der Waals surface area (Å²) in [7, 11) is 4.61. The minimum Gasteiger partial charge on any atom is -0.460 e. The molecular weight excluding hydrogens is 1720 g/mol. The number of rotatable bonds is 36. The summed E-state index contributed by atoms with van der Waals surface area (Å²) in [5.74, 6) is -7.58. The maximum Gasteiger partial charge on any atom is 0.329 e. The lowest BCUT2D eigenvalue weighted by atomic mass is 9.78. The lowest BCUT2D eigenvalue weighted by molar-refractivity contribution is -0.265. The third kappa shape index (κ3) is 30.2. The number of nitrogens with one attached hydrogen (secondary N) is 2. The van der Waals surface area contributed by atoms with E-state index in [-0.39, 0.29) is 92.4 Å². The molecule has 5 aromatic rings. The number of methoxy groups -OCH3 is 3. The number of nitrogen functional groups attached to an aromatic ring is 2. The molecule has 0 spiro atoms. The number of piperidine rings is 2. The molecule has 2 bridgehead atoms. The van der Waals surface area contributed by atoms with Crippen LogP contribution in [0.2, 0.25) is 0 Å². The Morgan fingerprint density at radius 1 is 0.722 bits per heavy atom. The second-order valence-electron chi connectivity index (χ2n) is 36.4. The van der Waals surface area contributed by atoms with E-state index in [2.05, 4.69) is 48.9 Å². The van der Waals surface area contributed by atoms with Gasteiger partial charge in [-0.15, -0.1) is 0 Å². The molecule has 3 saturated heterocycles. The average Bonchev–Trinajstić information content (AvgIpc) is 0.932. The molecule has 1 aliphatic carbocycles. The Labute approximate surface area is 779 Å². The molecular formula is C97H143N13O23. The van der Waals surface area contributed by atoms with Gasteiger partial charge < -0.3 is 114 Å². The van der Waals surface area contributed by atoms with Crippen molar-refractivity contribution in [3.05, 3.63) is 107 Å². The fraction of sp³-hybridized carbons (Fsp3) is 0.660. The summed E-state index contributed by atoms with van der Waals surface area (Å²) in [5, 5.41) is 63.5. The molecule has 0 radical (unpaired) electrons. The quantitative estimate of drug-likeness (QED) is 0.00625. The third-order valence-corrected chi connectivity index (χ3v) is 26.5. The Balaban J connectivity index is 0.552. The monoisotopic (exact) mass is 1860 g/mol. The molecule has 4 amide bonds. The van der Waals surface area contributed by atoms with E-state index in [1.807, 2.05) is 84.7 Å². The van der Waals surface area contributed by atoms with Gasteiger partial charge in [0, 0.05) is 103 Å². The van der Waals surface area contributed by atoms with Crippen molar-refractivity contribution in [3.8, 4) is 11.3 Å². The van der Waals surface area contributed by atoms with Gasteiger partial charge in [0.2, 0.25) is 17.6 Å². The number of ether oxygens (including phenoxy) is 11. The zero-order chi connectivity index (χ0) is 95.1. The van der Waals surface area contributed by atoms with Crippen LogP contribution in [-0.2, 0) is 105 Å². The normalized spacial score (nSPS) is 28.1. The van der Waals surface area contributed by atoms with Gasteiger partial charge in [0.15, 0.2) is 17.8 Å². The summed E-state index contributed by atoms with van der Waals surface area (Å²) in [6.45, 7) is 20.4. The van der Waals surface area contributed by atoms with E-state index < -0.39 is 96.6 Å². The number of anilines is 2. The highest BCUT2D eigenvalue weighted by molar-refractivity contribution is 6.39. The van der Waals surface area contributed by atoms with Crippen molar-refractivity contribution in [1.82, 2.24) is 50.1 Å². The highest BCUT2D eigenvalue weighted by Gasteiger charge is 2.53. The van der Waals surface area contributed by atoms with Gasteiger partial charge in [-0.25, -0.2) is 19.4 Å². The van der Waals surface area contributed by atoms with Gasteiger partial charge in [-0.3, -0.25) is 28.9 Å². The molecule has 2 aromatic carbocycles. The highest BCUT2D eigenvalue weighted by atomic mass is 16.6. The molecule has 1 saturated carbocycles. The number of aliphatic hydroxyl groups is 4. The molecule has 11 rings (SSSR count). The summed E-state index contributed by atoms with van der Waals surface area (Å²) in [4.78, 5) is 108. The number of hydrogen-bond donors (Lipinski definition) is 8. The summed E-state index contributed by atoms with van der Waals surface area (Å²) >= 11 is 0. The minimum absolute atomic E-state index is 0.0339. The van der Waals surface area contributed by atoms with Crippen molar-refractivity contribution in [2.75, 3.05) is 158 Å². The Bertz CT molecular complexity index is 4740. The van der Waals surface area contributed by atoms with Crippen LogP contribution in [0.3, 0.4) is 0 Å². The summed E-state index contributed by atoms with van der Waals surface area (Å²) in [6.07, 6.45) is 13.8. The standard InChI is InChI=1S/C97H143N13O23/c1-61-16-12-11-13-17-62(2)80(121-8)54-74-24-19-67(7)97(120,133-74)91(117)94(118)109-32-15-14-18-76(109)95(119)131-81(64(4)50-68-21-25-77(111)82(52-68)122-9)55-78(112)63(3)49-66(6)89(116)90(123-10)87(65(5)48-61)106-130-59-84(114)103-73-28-33-107(34-29-73)58-83(113)100-31-37-125-39-41-127-43-45-129-47-46-128-44-42-126-40-38-124-36-30-85(115)108-35-27-70-51-69(20-22-72(70)57-108)56-110-93-86(92(98)101-60-102-93)88(105-110)71-23-26-79-75(53-71)104-96(99)132-79/h11-13,16-17,20,22-23,26,49,51,53,60-61,63-65,67-68,73-74,76-78,80-82,89-90,111-112,116,120H,14-15,18-19,21,24-25,27-48,50,52,54-59H2,1-10H3,(H2,99,104)(H,100,113)(H,103,114)(H2,98,101,102)/b13-11+,16-12+,62-17+,66-49+,106-87?/t61-,63-,64-,65-,67-,68+,74+,76+,77-,78-,80+,81+,82-,89-,90+,97-/m1/s1. The first-order chi connectivity index (χ1) is 64.1. The molecule has 4 fully saturated rings. The molecule has 36 nitrogen and oxygen atoms in total. The van der Waals surface area contributed by atoms with E-state index >= 15 is 0 Å². The SMILES string of the molecule is CO[C@H]1C[C@@H]2CC[C@@H](C)[C@@](O)(O2)C(=O)C(=O)N2CCCC[C@H]2C(=O)O[C@H]([C@H](C)C[C@@H]2CC[C@@H](O)[C@H](OC)C2)C[C@@H](O)[C@H](C)/C=C(\C)[C@@H](O)[C@@H](OC)C(=NOCC(=O)NC2CCN(CC(=O)NCCOCCOCCOCCOCCOCCOCCC(=O)N3CCc4cc(Cn5nc(-c6ccc7oc(N)nc7c6)c6c(N)ncnc65)ccc4C3)CC2)[C@H](C)C[C@H](C)/C=C/C=C/C=C/1C. The van der Waals surface area contributed by atoms with Crippen LogP contribution < -0.4 is 22.1 Å². The van der Waals surface area contributed by atoms with E-state index in [1.165, 1.54) is 23.9 Å². The number of oxime groups is 1. The van der Waals surface area contributed by atoms with Crippen LogP contribution in [-0.4, -0.2) is 314 Å². The molecule has 734 valence electrons. The number of carbonyl (C=O) groups is 6. The van der Waals surface area contributed by atoms with Crippen LogP contribution >= 0.6 is 0 Å². The number of benzene rings is 2. The van der Waals surface area contributed by atoms with Crippen LogP contribution in [0.25, 0.3) is 33.4 Å². The van der Waals surface area contributed by atoms with Crippen molar-refractivity contribution in [2.45, 2.75) is 231 Å². The number of carbonyl (C=O) groups excluding carboxylic acids is 6. The molecule has 5 aliphatic heterocycles. The Kier molecular flexibility index (Phi) is 41.0. The first-order valence-electron chi connectivity index (χ1n) is 47.4. The number of likely N-dealkylation sites (tertiary alicyclic amines) is 1. The molecule has 36 heteroatoms. The number of allylic oxidation sites excluding steroid dienone is 5. The number of hydrogen-bond acceptors (Lipinski definition) is 31. The van der Waals surface area contributed by atoms with Crippen LogP contribution in [0.1, 0.15) is 161 Å². The van der Waals surface area contributed by atoms with Crippen molar-refractivity contribution in [2.24, 2.45) is 40.7 Å². The zero-order valence-electron chi connectivity index (χ0n) is 79.1. The molecule has 133 heavy (non-hydrogen) atoms. The van der Waals surface area contributed by atoms with Crippen LogP contribution in [0.15, 0.2) is 99.9 Å². The molecule has 3 aromatic heterocycles. The third-order valence-electron chi connectivity index (χ3n) is 26.5. The average molecular weight is 1860 g/mol. The minimum atomic E-state index is -2.47. The van der Waals surface area contributed by atoms with Crippen LogP contribution in [0.4, 0.5) is 11.8 Å². The number of esters is 1. The van der Waals surface area contributed by atoms with E-state index in [0.29, 0.717) is 234 Å². The highest BCUT2D eigenvalue weighted by Crippen LogP contribution is 2.40. The van der Waals surface area contributed by atoms with Gasteiger partial charge >= 0.3 is 5.97 Å². The van der Waals surface area contributed by atoms with E-state index in [0.717, 1.165) is 28.7 Å². The van der Waals surface area contributed by atoms with E-state index in [4.69, 9.17) is 77.9 Å². The van der Waals surface area contributed by atoms with Crippen LogP contribution in [0, 0.1) is 35.5 Å². The maximum atomic E-state index is 14.8. The lowest BCUT2D eigenvalue weighted by Gasteiger charge is -2.43. The van der Waals surface area contributed by atoms with Gasteiger partial charge in [0.05, 0.1) is 140 Å². The number of amides is 4. The number of aliphatic hydroxyl groups excluding tert-OH is 3. The number of nitrogens with two attached hydrogens (primary N) is 2. The zero-order valence-corrected chi connectivity index (χ0v) is 79.1. The molecule has 0 unspecified atom stereocenters. The first-order valence-corrected chi connectivity index (χ1v) is 47.4. The van der Waals surface area contributed by atoms with E-state index in [9.17, 15) is 49.2 Å². The largest absolute Gasteiger partial charge is 0.460 e. The van der Waals surface area contributed by atoms with Crippen molar-refractivity contribution >= 4 is 75.1 Å². The summed E-state index contributed by atoms with van der Waals surface area (Å²) in [5.41, 5.74) is 20.3. The number of fused-ring (bicyclic) bond motifs is 6. The van der Waals surface area contributed by atoms with Gasteiger partial charge in [0.25, 0.3) is 23.6 Å². The second kappa shape index (κ2) is 52.3. The van der Waals surface area contributed by atoms with Crippen molar-refractivity contribution in [1.29, 1.82) is 0 Å². The predicted molar refractivity (Wildman–Crippen MR) is 496 cm³/mol. The van der Waals surface area contributed by atoms with Gasteiger partial charge in [-0.1, -0.05) is 94.4 Å². The topological polar surface area (TPSA) is 462 Å². The fourth-order valence-electron chi connectivity index (χ4n) is 18.7. The number of nitrogens with zero attached hydrogens (tertiary/aromatic N) is 9. The van der Waals surface area contributed by atoms with Gasteiger partial charge in [0.1, 0.15) is 47.7 Å². The second-order valence-corrected chi connectivity index (χ2v) is 36.4. The number of cyclic esters (lactones) is 1. The van der Waals surface area contributed by atoms with Crippen molar-refractivity contribution in [3.63, 3.8) is 0 Å². The first kappa shape index (κ1) is 104. The Hall–Kier alpha value is -9.09. The van der Waals surface area contributed by atoms with Gasteiger partial charge in [-0.05, 0) is 161 Å². The lowest BCUT2D eigenvalue weighted by Crippen LogP contribution is -2.61. The number of oxazole rings is 1. The Morgan fingerprint density at radius 2 is 1.44 bits per heavy atom. The predicted octanol–water partition coefficient (Wildman–Crippen LogP) is 7.71.